The van der Waals surface area contributed by atoms with Crippen molar-refractivity contribution < 1.29 is 24.0 Å². The zero-order valence-corrected chi connectivity index (χ0v) is 23.0. The van der Waals surface area contributed by atoms with Gasteiger partial charge in [-0.15, -0.1) is 11.3 Å². The topological polar surface area (TPSA) is 121 Å². The molecule has 3 rings (SSSR count). The van der Waals surface area contributed by atoms with E-state index in [1.54, 1.807) is 43.0 Å². The average Bonchev–Trinajstić information content (AvgIpc) is 3.29. The van der Waals surface area contributed by atoms with Crippen LogP contribution in [-0.4, -0.2) is 41.3 Å². The first-order chi connectivity index (χ1) is 17.7. The number of aromatic nitrogens is 1. The number of hydrogen-bond acceptors (Lipinski definition) is 10. The van der Waals surface area contributed by atoms with Crippen molar-refractivity contribution in [3.05, 3.63) is 73.6 Å². The van der Waals surface area contributed by atoms with Gasteiger partial charge >= 0.3 is 11.9 Å². The Labute approximate surface area is 224 Å². The predicted octanol–water partition coefficient (Wildman–Crippen LogP) is 5.66. The third-order valence-electron chi connectivity index (χ3n) is 5.90. The molecule has 1 aromatic carbocycles. The molecule has 0 fully saturated rings. The summed E-state index contributed by atoms with van der Waals surface area (Å²) in [6.45, 7) is 5.66. The average molecular weight is 546 g/mol. The van der Waals surface area contributed by atoms with E-state index in [0.29, 0.717) is 23.4 Å². The second-order valence-corrected chi connectivity index (χ2v) is 10.8. The van der Waals surface area contributed by atoms with Gasteiger partial charge in [0.05, 0.1) is 35.7 Å². The molecule has 0 saturated heterocycles. The molecule has 37 heavy (non-hydrogen) atoms. The van der Waals surface area contributed by atoms with E-state index in [-0.39, 0.29) is 23.4 Å². The molecule has 2 heterocycles. The van der Waals surface area contributed by atoms with Crippen molar-refractivity contribution in [2.45, 2.75) is 56.7 Å². The number of rotatable bonds is 12. The first kappa shape index (κ1) is 28.4. The lowest BCUT2D eigenvalue weighted by Gasteiger charge is -2.30. The number of hydrogen-bond donors (Lipinski definition) is 1. The van der Waals surface area contributed by atoms with Crippen molar-refractivity contribution in [3.63, 3.8) is 0 Å². The zero-order valence-electron chi connectivity index (χ0n) is 21.4. The molecule has 9 nitrogen and oxygen atoms in total. The molecule has 0 saturated carbocycles. The summed E-state index contributed by atoms with van der Waals surface area (Å²) in [5.41, 5.74) is 2.85. The largest absolute Gasteiger partial charge is 0.466 e. The lowest BCUT2D eigenvalue weighted by molar-refractivity contribution is -0.384. The minimum absolute atomic E-state index is 0.133. The van der Waals surface area contributed by atoms with Gasteiger partial charge in [0.1, 0.15) is 4.34 Å². The minimum atomic E-state index is -0.854. The molecule has 0 bridgehead atoms. The number of nitro benzene ring substituents is 1. The van der Waals surface area contributed by atoms with E-state index in [1.807, 2.05) is 12.3 Å². The Bertz CT molecular complexity index is 1220. The molecule has 0 spiro atoms. The summed E-state index contributed by atoms with van der Waals surface area (Å²) in [5, 5.41) is 16.5. The number of benzene rings is 1. The van der Waals surface area contributed by atoms with Gasteiger partial charge in [-0.1, -0.05) is 36.7 Å². The third-order valence-corrected chi connectivity index (χ3v) is 8.12. The number of carbonyl (C=O) groups excluding carboxylic acids is 2. The Balaban J connectivity index is 1.63. The van der Waals surface area contributed by atoms with Gasteiger partial charge in [0.15, 0.2) is 0 Å². The van der Waals surface area contributed by atoms with E-state index in [2.05, 4.69) is 10.3 Å². The van der Waals surface area contributed by atoms with E-state index in [9.17, 15) is 19.7 Å². The van der Waals surface area contributed by atoms with Gasteiger partial charge in [-0.05, 0) is 39.2 Å². The quantitative estimate of drug-likeness (QED) is 0.118. The van der Waals surface area contributed by atoms with Crippen LogP contribution in [0, 0.1) is 17.0 Å². The molecule has 1 aromatic heterocycles. The minimum Gasteiger partial charge on any atom is -0.466 e. The number of thiazole rings is 1. The molecular weight excluding hydrogens is 514 g/mol. The van der Waals surface area contributed by atoms with Gasteiger partial charge in [0, 0.05) is 40.4 Å². The van der Waals surface area contributed by atoms with Crippen LogP contribution in [0.4, 0.5) is 5.69 Å². The summed E-state index contributed by atoms with van der Waals surface area (Å²) in [6.07, 6.45) is 3.70. The van der Waals surface area contributed by atoms with Crippen LogP contribution in [-0.2, 0) is 19.1 Å². The monoisotopic (exact) mass is 545 g/mol. The van der Waals surface area contributed by atoms with Gasteiger partial charge in [0.25, 0.3) is 5.69 Å². The Kier molecular flexibility index (Phi) is 10.3. The number of nitrogens with one attached hydrogen (secondary N) is 1. The van der Waals surface area contributed by atoms with E-state index < -0.39 is 22.8 Å². The number of esters is 2. The summed E-state index contributed by atoms with van der Waals surface area (Å²) < 4.78 is 11.7. The summed E-state index contributed by atoms with van der Waals surface area (Å²) >= 11 is 3.42. The van der Waals surface area contributed by atoms with Crippen molar-refractivity contribution in [2.24, 2.45) is 0 Å². The number of carbonyl (C=O) groups is 2. The fourth-order valence-corrected chi connectivity index (χ4v) is 6.07. The molecule has 0 amide bonds. The lowest BCUT2D eigenvalue weighted by Crippen LogP contribution is -2.32. The number of nitro groups is 1. The van der Waals surface area contributed by atoms with Gasteiger partial charge < -0.3 is 14.8 Å². The highest BCUT2D eigenvalue weighted by Gasteiger charge is 2.38. The number of unbranched alkanes of at least 4 members (excludes halogenated alkanes) is 3. The van der Waals surface area contributed by atoms with Gasteiger partial charge in [-0.3, -0.25) is 10.1 Å². The zero-order chi connectivity index (χ0) is 26.9. The molecule has 1 unspecified atom stereocenters. The number of thioether (sulfide) groups is 1. The van der Waals surface area contributed by atoms with Crippen LogP contribution in [0.5, 0.6) is 0 Å². The second-order valence-electron chi connectivity index (χ2n) is 8.63. The van der Waals surface area contributed by atoms with Crippen molar-refractivity contribution >= 4 is 40.7 Å². The Morgan fingerprint density at radius 3 is 2.46 bits per heavy atom. The highest BCUT2D eigenvalue weighted by Crippen LogP contribution is 2.40. The molecule has 1 aliphatic rings. The molecule has 1 aliphatic heterocycles. The number of non-ortho nitro benzene ring substituents is 1. The maximum Gasteiger partial charge on any atom is 0.336 e. The molecule has 1 atom stereocenters. The standard InChI is InChI=1S/C26H31N3O6S2/c1-16-15-37-26(27-16)36-13-8-6-5-7-12-35-25(31)22-18(3)28-17(2)21(24(30)34-4)23(22)19-10-9-11-20(14-19)29(32)33/h9-11,14-15,23,28H,5-8,12-13H2,1-4H3. The highest BCUT2D eigenvalue weighted by atomic mass is 32.2. The van der Waals surface area contributed by atoms with Crippen molar-refractivity contribution in [1.29, 1.82) is 0 Å². The van der Waals surface area contributed by atoms with Crippen LogP contribution in [0.3, 0.4) is 0 Å². The van der Waals surface area contributed by atoms with Crippen LogP contribution in [0.1, 0.15) is 56.7 Å². The van der Waals surface area contributed by atoms with Gasteiger partial charge in [0.2, 0.25) is 0 Å². The fraction of sp³-hybridized carbons (Fsp3) is 0.423. The number of nitrogens with zero attached hydrogens (tertiary/aromatic N) is 2. The number of dihydropyridines is 1. The maximum absolute atomic E-state index is 13.2. The van der Waals surface area contributed by atoms with Gasteiger partial charge in [-0.25, -0.2) is 14.6 Å². The van der Waals surface area contributed by atoms with Crippen LogP contribution in [0.2, 0.25) is 0 Å². The fourth-order valence-electron chi connectivity index (χ4n) is 4.15. The number of allylic oxidation sites excluding steroid dienone is 2. The number of methoxy groups -OCH3 is 1. The summed E-state index contributed by atoms with van der Waals surface area (Å²) in [5.74, 6) is -1.04. The maximum atomic E-state index is 13.2. The third kappa shape index (κ3) is 7.42. The summed E-state index contributed by atoms with van der Waals surface area (Å²) in [7, 11) is 1.26. The molecule has 1 N–H and O–H groups in total. The molecular formula is C26H31N3O6S2. The van der Waals surface area contributed by atoms with Crippen molar-refractivity contribution in [2.75, 3.05) is 19.5 Å². The van der Waals surface area contributed by atoms with E-state index >= 15 is 0 Å². The summed E-state index contributed by atoms with van der Waals surface area (Å²) in [6, 6.07) is 5.93. The number of aryl methyl sites for hydroxylation is 1. The van der Waals surface area contributed by atoms with Crippen LogP contribution in [0.15, 0.2) is 56.5 Å². The predicted molar refractivity (Wildman–Crippen MR) is 143 cm³/mol. The first-order valence-corrected chi connectivity index (χ1v) is 13.8. The Hall–Kier alpha value is -3.18. The lowest BCUT2D eigenvalue weighted by atomic mass is 9.80. The SMILES string of the molecule is COC(=O)C1=C(C)NC(C)=C(C(=O)OCCCCCCSc2nc(C)cs2)C1c1cccc([N+](=O)[O-])c1. The van der Waals surface area contributed by atoms with E-state index in [1.165, 1.54) is 25.3 Å². The van der Waals surface area contributed by atoms with Crippen LogP contribution in [0.25, 0.3) is 0 Å². The second kappa shape index (κ2) is 13.4. The molecule has 0 radical (unpaired) electrons. The van der Waals surface area contributed by atoms with Gasteiger partial charge in [-0.2, -0.15) is 0 Å². The Morgan fingerprint density at radius 1 is 1.11 bits per heavy atom. The smallest absolute Gasteiger partial charge is 0.336 e. The van der Waals surface area contributed by atoms with Crippen LogP contribution < -0.4 is 5.32 Å². The molecule has 0 aliphatic carbocycles. The number of ether oxygens (including phenoxy) is 2. The van der Waals surface area contributed by atoms with Crippen LogP contribution >= 0.6 is 23.1 Å². The van der Waals surface area contributed by atoms with Crippen molar-refractivity contribution in [3.8, 4) is 0 Å². The van der Waals surface area contributed by atoms with E-state index in [4.69, 9.17) is 9.47 Å². The Morgan fingerprint density at radius 2 is 1.81 bits per heavy atom. The molecule has 198 valence electrons. The first-order valence-electron chi connectivity index (χ1n) is 12.0. The highest BCUT2D eigenvalue weighted by molar-refractivity contribution is 8.01. The normalized spacial score (nSPS) is 15.4. The molecule has 2 aromatic rings. The molecule has 11 heteroatoms. The van der Waals surface area contributed by atoms with E-state index in [0.717, 1.165) is 35.0 Å². The summed E-state index contributed by atoms with van der Waals surface area (Å²) in [4.78, 5) is 41.2. The van der Waals surface area contributed by atoms with Crippen molar-refractivity contribution in [1.82, 2.24) is 10.3 Å².